The molecule has 8 nitrogen and oxygen atoms in total. The first-order chi connectivity index (χ1) is 5.79. The van der Waals surface area contributed by atoms with Crippen LogP contribution in [0.1, 0.15) is 6.92 Å². The lowest BCUT2D eigenvalue weighted by atomic mass is 10.7. The van der Waals surface area contributed by atoms with Gasteiger partial charge in [0.25, 0.3) is 12.4 Å². The lowest BCUT2D eigenvalue weighted by Crippen LogP contribution is -2.09. The Bertz CT molecular complexity index is 167. The number of rotatable bonds is 0. The van der Waals surface area contributed by atoms with Gasteiger partial charge in [0.1, 0.15) is 0 Å². The first kappa shape index (κ1) is 17.1. The molecule has 0 radical (unpaired) electrons. The Morgan fingerprint density at radius 3 is 1.08 bits per heavy atom. The molecule has 0 rings (SSSR count). The second kappa shape index (κ2) is 12.5. The first-order valence-electron chi connectivity index (χ1n) is 2.53. The van der Waals surface area contributed by atoms with Crippen LogP contribution in [0.15, 0.2) is 0 Å². The van der Waals surface area contributed by atoms with E-state index >= 15 is 0 Å². The van der Waals surface area contributed by atoms with Crippen LogP contribution < -0.4 is 0 Å². The second-order valence-electron chi connectivity index (χ2n) is 1.23. The van der Waals surface area contributed by atoms with Crippen molar-refractivity contribution in [3.8, 4) is 0 Å². The Balaban J connectivity index is -0.000000125. The Labute approximate surface area is 72.0 Å². The van der Waals surface area contributed by atoms with E-state index in [1.807, 2.05) is 0 Å². The van der Waals surface area contributed by atoms with Gasteiger partial charge in [-0.2, -0.15) is 0 Å². The quantitative estimate of drug-likeness (QED) is 0.283. The van der Waals surface area contributed by atoms with Gasteiger partial charge in [-0.1, -0.05) is 0 Å². The molecule has 0 saturated carbocycles. The number of aliphatic carboxylic acids is 3. The highest BCUT2D eigenvalue weighted by molar-refractivity contribution is 6.27. The topological polar surface area (TPSA) is 149 Å². The second-order valence-corrected chi connectivity index (χ2v) is 1.23. The molecular formula is C5H8O8. The van der Waals surface area contributed by atoms with Crippen molar-refractivity contribution in [2.24, 2.45) is 0 Å². The lowest BCUT2D eigenvalue weighted by molar-refractivity contribution is -0.159. The van der Waals surface area contributed by atoms with Crippen LogP contribution in [0, 0.1) is 0 Å². The summed E-state index contributed by atoms with van der Waals surface area (Å²) >= 11 is 0. The van der Waals surface area contributed by atoms with Gasteiger partial charge >= 0.3 is 11.9 Å². The van der Waals surface area contributed by atoms with Crippen LogP contribution in [0.4, 0.5) is 0 Å². The minimum absolute atomic E-state index is 0.250. The number of hydrogen-bond acceptors (Lipinski definition) is 4. The molecule has 8 heteroatoms. The van der Waals surface area contributed by atoms with E-state index in [1.54, 1.807) is 0 Å². The van der Waals surface area contributed by atoms with Crippen molar-refractivity contribution in [2.75, 3.05) is 0 Å². The van der Waals surface area contributed by atoms with Crippen LogP contribution in [-0.2, 0) is 19.2 Å². The maximum atomic E-state index is 9.10. The van der Waals surface area contributed by atoms with Crippen LogP contribution in [0.25, 0.3) is 0 Å². The van der Waals surface area contributed by atoms with Crippen LogP contribution in [0.3, 0.4) is 0 Å². The van der Waals surface area contributed by atoms with Gasteiger partial charge in [0, 0.05) is 6.92 Å². The van der Waals surface area contributed by atoms with Crippen molar-refractivity contribution in [3.63, 3.8) is 0 Å². The van der Waals surface area contributed by atoms with E-state index < -0.39 is 17.9 Å². The third-order valence-corrected chi connectivity index (χ3v) is 0.183. The van der Waals surface area contributed by atoms with E-state index in [4.69, 9.17) is 39.6 Å². The van der Waals surface area contributed by atoms with Crippen LogP contribution >= 0.6 is 0 Å². The molecule has 0 aromatic carbocycles. The molecule has 0 aromatic heterocycles. The Morgan fingerprint density at radius 1 is 1.00 bits per heavy atom. The predicted molar refractivity (Wildman–Crippen MR) is 37.3 cm³/mol. The molecule has 0 aliphatic heterocycles. The lowest BCUT2D eigenvalue weighted by Gasteiger charge is -1.72. The number of carboxylic acid groups (broad SMARTS) is 4. The maximum absolute atomic E-state index is 9.10. The molecule has 0 heterocycles. The highest BCUT2D eigenvalue weighted by Crippen LogP contribution is 1.56. The summed E-state index contributed by atoms with van der Waals surface area (Å²) in [4.78, 5) is 35.6. The van der Waals surface area contributed by atoms with Crippen LogP contribution in [-0.4, -0.2) is 44.8 Å². The Hall–Kier alpha value is -2.12. The molecule has 0 aromatic rings. The number of hydrogen-bond donors (Lipinski definition) is 4. The molecule has 13 heavy (non-hydrogen) atoms. The highest BCUT2D eigenvalue weighted by Gasteiger charge is 2.04. The van der Waals surface area contributed by atoms with E-state index in [-0.39, 0.29) is 6.47 Å². The molecule has 0 amide bonds. The molecule has 0 atom stereocenters. The minimum Gasteiger partial charge on any atom is -0.483 e. The molecule has 76 valence electrons. The number of carboxylic acids is 3. The zero-order valence-electron chi connectivity index (χ0n) is 6.50. The normalized spacial score (nSPS) is 6.23. The van der Waals surface area contributed by atoms with Gasteiger partial charge in [-0.05, 0) is 0 Å². The van der Waals surface area contributed by atoms with Crippen molar-refractivity contribution in [1.29, 1.82) is 0 Å². The summed E-state index contributed by atoms with van der Waals surface area (Å²) in [6, 6.07) is 0. The summed E-state index contributed by atoms with van der Waals surface area (Å²) in [5.41, 5.74) is 0. The maximum Gasteiger partial charge on any atom is 0.414 e. The van der Waals surface area contributed by atoms with Gasteiger partial charge in [-0.15, -0.1) is 0 Å². The summed E-state index contributed by atoms with van der Waals surface area (Å²) in [5, 5.41) is 29.1. The Morgan fingerprint density at radius 2 is 1.08 bits per heavy atom. The van der Waals surface area contributed by atoms with E-state index in [1.165, 1.54) is 0 Å². The summed E-state index contributed by atoms with van der Waals surface area (Å²) in [6.45, 7) is 0.833. The van der Waals surface area contributed by atoms with Crippen molar-refractivity contribution >= 4 is 24.4 Å². The monoisotopic (exact) mass is 196 g/mol. The van der Waals surface area contributed by atoms with Crippen LogP contribution in [0.5, 0.6) is 0 Å². The molecule has 0 saturated heterocycles. The van der Waals surface area contributed by atoms with Gasteiger partial charge in [-0.3, -0.25) is 9.59 Å². The average Bonchev–Trinajstić information content (AvgIpc) is 1.87. The van der Waals surface area contributed by atoms with Gasteiger partial charge in [0.05, 0.1) is 0 Å². The number of carbonyl (C=O) groups is 4. The fourth-order valence-corrected chi connectivity index (χ4v) is 0. The van der Waals surface area contributed by atoms with Crippen molar-refractivity contribution in [2.45, 2.75) is 6.92 Å². The molecule has 0 spiro atoms. The molecule has 0 aliphatic carbocycles. The average molecular weight is 196 g/mol. The van der Waals surface area contributed by atoms with Gasteiger partial charge < -0.3 is 20.4 Å². The Kier molecular flexibility index (Phi) is 16.5. The minimum atomic E-state index is -1.82. The van der Waals surface area contributed by atoms with Crippen molar-refractivity contribution < 1.29 is 39.6 Å². The van der Waals surface area contributed by atoms with Gasteiger partial charge in [-0.25, -0.2) is 9.59 Å². The molecule has 0 bridgehead atoms. The third-order valence-electron chi connectivity index (χ3n) is 0.183. The summed E-state index contributed by atoms with van der Waals surface area (Å²) in [7, 11) is 0. The predicted octanol–water partition coefficient (Wildman–Crippen LogP) is -1.05. The van der Waals surface area contributed by atoms with E-state index in [0.29, 0.717) is 0 Å². The fourth-order valence-electron chi connectivity index (χ4n) is 0. The first-order valence-corrected chi connectivity index (χ1v) is 2.53. The smallest absolute Gasteiger partial charge is 0.414 e. The highest BCUT2D eigenvalue weighted by atomic mass is 16.4. The van der Waals surface area contributed by atoms with Crippen molar-refractivity contribution in [3.05, 3.63) is 0 Å². The molecule has 0 fully saturated rings. The summed E-state index contributed by atoms with van der Waals surface area (Å²) < 4.78 is 0. The fraction of sp³-hybridized carbons (Fsp3) is 0.200. The van der Waals surface area contributed by atoms with Crippen LogP contribution in [0.2, 0.25) is 0 Å². The summed E-state index contributed by atoms with van der Waals surface area (Å²) in [5.74, 6) is -4.48. The summed E-state index contributed by atoms with van der Waals surface area (Å²) in [6.07, 6.45) is 0. The van der Waals surface area contributed by atoms with E-state index in [0.717, 1.165) is 6.92 Å². The molecule has 4 N–H and O–H groups in total. The zero-order valence-corrected chi connectivity index (χ0v) is 6.50. The van der Waals surface area contributed by atoms with Crippen molar-refractivity contribution in [1.82, 2.24) is 0 Å². The van der Waals surface area contributed by atoms with E-state index in [9.17, 15) is 0 Å². The largest absolute Gasteiger partial charge is 0.483 e. The third kappa shape index (κ3) is 174. The SMILES string of the molecule is CC(=O)O.O=C(O)C(=O)O.O=CO. The van der Waals surface area contributed by atoms with E-state index in [2.05, 4.69) is 0 Å². The van der Waals surface area contributed by atoms with Gasteiger partial charge in [0.2, 0.25) is 0 Å². The molecular weight excluding hydrogens is 188 g/mol. The molecule has 0 unspecified atom stereocenters. The zero-order chi connectivity index (χ0) is 11.4. The van der Waals surface area contributed by atoms with Gasteiger partial charge in [0.15, 0.2) is 0 Å². The standard InChI is InChI=1S/C2H2O4.C2H4O2.CH2O2/c3-1(4)2(5)6;1-2(3)4;2-1-3/h(H,3,4)(H,5,6);1H3,(H,3,4);1H,(H,2,3). The molecule has 0 aliphatic rings.